The predicted molar refractivity (Wildman–Crippen MR) is 85.6 cm³/mol. The molecule has 0 bridgehead atoms. The van der Waals surface area contributed by atoms with E-state index in [-0.39, 0.29) is 17.4 Å². The van der Waals surface area contributed by atoms with E-state index in [1.165, 1.54) is 16.7 Å². The zero-order valence-corrected chi connectivity index (χ0v) is 14.2. The molecular formula is C14H27N3O3S. The number of carbonyl (C=O) groups excluding carboxylic acids is 1. The van der Waals surface area contributed by atoms with Crippen LogP contribution in [0.2, 0.25) is 0 Å². The van der Waals surface area contributed by atoms with Crippen molar-refractivity contribution in [2.45, 2.75) is 51.6 Å². The van der Waals surface area contributed by atoms with Gasteiger partial charge in [0.2, 0.25) is 0 Å². The highest BCUT2D eigenvalue weighted by molar-refractivity contribution is 8.00. The molecule has 0 aliphatic carbocycles. The number of nitrogens with one attached hydrogen (secondary N) is 1. The minimum atomic E-state index is -0.926. The van der Waals surface area contributed by atoms with Gasteiger partial charge in [-0.1, -0.05) is 20.8 Å². The zero-order chi connectivity index (χ0) is 16.0. The minimum absolute atomic E-state index is 0.00467. The number of carbonyl (C=O) groups is 2. The van der Waals surface area contributed by atoms with Gasteiger partial charge in [-0.15, -0.1) is 11.8 Å². The first-order valence-electron chi connectivity index (χ1n) is 7.60. The molecule has 0 aromatic heterocycles. The van der Waals surface area contributed by atoms with E-state index in [9.17, 15) is 14.7 Å². The quantitative estimate of drug-likeness (QED) is 0.747. The summed E-state index contributed by atoms with van der Waals surface area (Å²) in [5.41, 5.74) is 0. The number of rotatable bonds is 7. The maximum atomic E-state index is 12.4. The largest absolute Gasteiger partial charge is 0.480 e. The van der Waals surface area contributed by atoms with Crippen LogP contribution in [-0.2, 0) is 4.79 Å². The molecule has 0 aromatic rings. The normalized spacial score (nSPS) is 23.4. The Balaban J connectivity index is 2.64. The number of carboxylic acids is 1. The van der Waals surface area contributed by atoms with Crippen LogP contribution in [0.25, 0.3) is 0 Å². The molecule has 21 heavy (non-hydrogen) atoms. The third-order valence-electron chi connectivity index (χ3n) is 3.76. The second-order valence-corrected chi connectivity index (χ2v) is 6.50. The SMILES string of the molecule is CCC1SCC(C(=O)O)N1C(=O)NC(C)CN(CC)CC. The van der Waals surface area contributed by atoms with Crippen LogP contribution in [0, 0.1) is 0 Å². The van der Waals surface area contributed by atoms with Gasteiger partial charge < -0.3 is 15.3 Å². The average Bonchev–Trinajstić information content (AvgIpc) is 2.88. The van der Waals surface area contributed by atoms with Crippen molar-refractivity contribution in [1.29, 1.82) is 0 Å². The average molecular weight is 317 g/mol. The Kier molecular flexibility index (Phi) is 7.31. The van der Waals surface area contributed by atoms with Crippen LogP contribution in [0.5, 0.6) is 0 Å². The van der Waals surface area contributed by atoms with Crippen LogP contribution in [0.15, 0.2) is 0 Å². The third-order valence-corrected chi connectivity index (χ3v) is 5.21. The summed E-state index contributed by atoms with van der Waals surface area (Å²) < 4.78 is 0. The van der Waals surface area contributed by atoms with Crippen molar-refractivity contribution in [2.24, 2.45) is 0 Å². The lowest BCUT2D eigenvalue weighted by Crippen LogP contribution is -2.53. The number of hydrogen-bond donors (Lipinski definition) is 2. The van der Waals surface area contributed by atoms with Crippen molar-refractivity contribution in [3.05, 3.63) is 0 Å². The summed E-state index contributed by atoms with van der Waals surface area (Å²) in [5, 5.41) is 12.1. The van der Waals surface area contributed by atoms with Crippen LogP contribution >= 0.6 is 11.8 Å². The summed E-state index contributed by atoms with van der Waals surface area (Å²) in [5.74, 6) is -0.462. The fraction of sp³-hybridized carbons (Fsp3) is 0.857. The maximum Gasteiger partial charge on any atom is 0.327 e. The fourth-order valence-corrected chi connectivity index (χ4v) is 3.89. The van der Waals surface area contributed by atoms with Crippen LogP contribution < -0.4 is 5.32 Å². The molecule has 6 nitrogen and oxygen atoms in total. The Morgan fingerprint density at radius 1 is 1.38 bits per heavy atom. The second kappa shape index (κ2) is 8.48. The van der Waals surface area contributed by atoms with Crippen molar-refractivity contribution in [3.63, 3.8) is 0 Å². The van der Waals surface area contributed by atoms with Gasteiger partial charge in [0.25, 0.3) is 0 Å². The Bertz CT molecular complexity index is 363. The molecule has 1 rings (SSSR count). The lowest BCUT2D eigenvalue weighted by atomic mass is 10.2. The molecule has 1 aliphatic heterocycles. The molecule has 0 spiro atoms. The van der Waals surface area contributed by atoms with Crippen molar-refractivity contribution >= 4 is 23.8 Å². The number of nitrogens with zero attached hydrogens (tertiary/aromatic N) is 2. The summed E-state index contributed by atoms with van der Waals surface area (Å²) in [6, 6.07) is -0.991. The summed E-state index contributed by atoms with van der Waals surface area (Å²) in [4.78, 5) is 27.4. The van der Waals surface area contributed by atoms with Crippen LogP contribution in [0.4, 0.5) is 4.79 Å². The molecule has 1 fully saturated rings. The van der Waals surface area contributed by atoms with Gasteiger partial charge in [-0.25, -0.2) is 9.59 Å². The fourth-order valence-electron chi connectivity index (χ4n) is 2.54. The molecule has 1 saturated heterocycles. The molecule has 1 heterocycles. The van der Waals surface area contributed by atoms with Crippen molar-refractivity contribution in [1.82, 2.24) is 15.1 Å². The molecule has 3 atom stereocenters. The highest BCUT2D eigenvalue weighted by Crippen LogP contribution is 2.31. The third kappa shape index (κ3) is 4.78. The zero-order valence-electron chi connectivity index (χ0n) is 13.3. The van der Waals surface area contributed by atoms with Crippen molar-refractivity contribution in [3.8, 4) is 0 Å². The van der Waals surface area contributed by atoms with Crippen molar-refractivity contribution < 1.29 is 14.7 Å². The standard InChI is InChI=1S/C14H27N3O3S/c1-5-12-17(11(9-21-12)13(18)19)14(20)15-10(4)8-16(6-2)7-3/h10-12H,5-9H2,1-4H3,(H,15,20)(H,18,19). The van der Waals surface area contributed by atoms with E-state index in [0.717, 1.165) is 26.1 Å². The predicted octanol–water partition coefficient (Wildman–Crippen LogP) is 1.66. The van der Waals surface area contributed by atoms with Crippen LogP contribution in [0.1, 0.15) is 34.1 Å². The Morgan fingerprint density at radius 3 is 2.48 bits per heavy atom. The first kappa shape index (κ1) is 18.1. The number of amides is 2. The molecule has 1 aliphatic rings. The van der Waals surface area contributed by atoms with Gasteiger partial charge in [-0.2, -0.15) is 0 Å². The van der Waals surface area contributed by atoms with E-state index in [0.29, 0.717) is 5.75 Å². The van der Waals surface area contributed by atoms with E-state index in [2.05, 4.69) is 24.1 Å². The number of hydrogen-bond acceptors (Lipinski definition) is 4. The summed E-state index contributed by atoms with van der Waals surface area (Å²) in [6.07, 6.45) is 0.756. The highest BCUT2D eigenvalue weighted by atomic mass is 32.2. The molecule has 0 saturated carbocycles. The molecule has 0 radical (unpaired) electrons. The van der Waals surface area contributed by atoms with Gasteiger partial charge in [0.05, 0.1) is 5.37 Å². The molecule has 0 aromatic carbocycles. The van der Waals surface area contributed by atoms with Gasteiger partial charge >= 0.3 is 12.0 Å². The van der Waals surface area contributed by atoms with Gasteiger partial charge in [0, 0.05) is 18.3 Å². The Hall–Kier alpha value is -0.950. The van der Waals surface area contributed by atoms with Gasteiger partial charge in [-0.3, -0.25) is 4.90 Å². The number of aliphatic carboxylic acids is 1. The molecule has 2 N–H and O–H groups in total. The van der Waals surface area contributed by atoms with E-state index >= 15 is 0 Å². The second-order valence-electron chi connectivity index (χ2n) is 5.29. The minimum Gasteiger partial charge on any atom is -0.480 e. The number of likely N-dealkylation sites (N-methyl/N-ethyl adjacent to an activating group) is 1. The lowest BCUT2D eigenvalue weighted by Gasteiger charge is -2.30. The molecule has 2 amide bonds. The monoisotopic (exact) mass is 317 g/mol. The van der Waals surface area contributed by atoms with E-state index < -0.39 is 12.0 Å². The summed E-state index contributed by atoms with van der Waals surface area (Å²) in [6.45, 7) is 10.7. The number of thioether (sulfide) groups is 1. The topological polar surface area (TPSA) is 72.9 Å². The molecular weight excluding hydrogens is 290 g/mol. The van der Waals surface area contributed by atoms with E-state index in [1.54, 1.807) is 0 Å². The number of carboxylic acid groups (broad SMARTS) is 1. The molecule has 3 unspecified atom stereocenters. The highest BCUT2D eigenvalue weighted by Gasteiger charge is 2.41. The van der Waals surface area contributed by atoms with Gasteiger partial charge in [0.15, 0.2) is 0 Å². The summed E-state index contributed by atoms with van der Waals surface area (Å²) in [7, 11) is 0. The first-order valence-corrected chi connectivity index (χ1v) is 8.64. The summed E-state index contributed by atoms with van der Waals surface area (Å²) >= 11 is 1.54. The van der Waals surface area contributed by atoms with Crippen molar-refractivity contribution in [2.75, 3.05) is 25.4 Å². The lowest BCUT2D eigenvalue weighted by molar-refractivity contribution is -0.141. The number of urea groups is 1. The maximum absolute atomic E-state index is 12.4. The van der Waals surface area contributed by atoms with E-state index in [1.807, 2.05) is 13.8 Å². The van der Waals surface area contributed by atoms with Gasteiger partial charge in [0.1, 0.15) is 6.04 Å². The van der Waals surface area contributed by atoms with Crippen LogP contribution in [0.3, 0.4) is 0 Å². The van der Waals surface area contributed by atoms with E-state index in [4.69, 9.17) is 0 Å². The first-order chi connectivity index (χ1) is 9.94. The molecule has 122 valence electrons. The van der Waals surface area contributed by atoms with Crippen LogP contribution in [-0.4, -0.2) is 69.8 Å². The smallest absolute Gasteiger partial charge is 0.327 e. The molecule has 7 heteroatoms. The Morgan fingerprint density at radius 2 is 2.00 bits per heavy atom. The Labute approximate surface area is 131 Å². The van der Waals surface area contributed by atoms with Gasteiger partial charge in [-0.05, 0) is 26.4 Å².